The van der Waals surface area contributed by atoms with Crippen molar-refractivity contribution in [3.8, 4) is 5.75 Å². The van der Waals surface area contributed by atoms with Gasteiger partial charge in [0.25, 0.3) is 0 Å². The molecule has 0 aliphatic carbocycles. The SMILES string of the molecule is ClOc1ccc(Br)c(Br)c1Br. The van der Waals surface area contributed by atoms with E-state index in [2.05, 4.69) is 52.1 Å². The van der Waals surface area contributed by atoms with Gasteiger partial charge >= 0.3 is 0 Å². The number of halogens is 4. The van der Waals surface area contributed by atoms with Crippen molar-refractivity contribution < 1.29 is 4.29 Å². The summed E-state index contributed by atoms with van der Waals surface area (Å²) in [6, 6.07) is 3.60. The van der Waals surface area contributed by atoms with Crippen molar-refractivity contribution in [3.63, 3.8) is 0 Å². The first-order valence-electron chi connectivity index (χ1n) is 2.59. The van der Waals surface area contributed by atoms with Gasteiger partial charge in [0.2, 0.25) is 0 Å². The molecular weight excluding hydrogens is 363 g/mol. The van der Waals surface area contributed by atoms with Crippen LogP contribution in [0.3, 0.4) is 0 Å². The van der Waals surface area contributed by atoms with E-state index in [1.165, 1.54) is 0 Å². The molecule has 1 aromatic carbocycles. The second kappa shape index (κ2) is 4.12. The fourth-order valence-electron chi connectivity index (χ4n) is 0.568. The molecule has 0 aromatic heterocycles. The van der Waals surface area contributed by atoms with Gasteiger partial charge in [-0.15, -0.1) is 0 Å². The molecule has 0 radical (unpaired) electrons. The molecule has 11 heavy (non-hydrogen) atoms. The van der Waals surface area contributed by atoms with Crippen molar-refractivity contribution in [2.75, 3.05) is 0 Å². The van der Waals surface area contributed by atoms with Gasteiger partial charge in [-0.05, 0) is 59.9 Å². The Morgan fingerprint density at radius 3 is 2.27 bits per heavy atom. The quantitative estimate of drug-likeness (QED) is 0.666. The van der Waals surface area contributed by atoms with Crippen LogP contribution in [0.4, 0.5) is 0 Å². The highest BCUT2D eigenvalue weighted by Gasteiger charge is 2.07. The van der Waals surface area contributed by atoms with Gasteiger partial charge in [0.1, 0.15) is 11.9 Å². The number of hydrogen-bond acceptors (Lipinski definition) is 1. The zero-order valence-corrected chi connectivity index (χ0v) is 10.6. The fourth-order valence-corrected chi connectivity index (χ4v) is 2.14. The molecule has 1 rings (SSSR count). The molecular formula is C6H2Br3ClO. The first-order chi connectivity index (χ1) is 5.16. The summed E-state index contributed by atoms with van der Waals surface area (Å²) in [5, 5.41) is 0. The van der Waals surface area contributed by atoms with Crippen molar-refractivity contribution in [1.29, 1.82) is 0 Å². The summed E-state index contributed by atoms with van der Waals surface area (Å²) in [6.45, 7) is 0. The fraction of sp³-hybridized carbons (Fsp3) is 0. The standard InChI is InChI=1S/C6H2Br3ClO/c7-3-1-2-4(11-10)6(9)5(3)8/h1-2H. The van der Waals surface area contributed by atoms with E-state index in [1.807, 2.05) is 6.07 Å². The lowest BCUT2D eigenvalue weighted by atomic mass is 10.3. The molecule has 0 heterocycles. The Kier molecular flexibility index (Phi) is 3.68. The number of rotatable bonds is 1. The minimum atomic E-state index is 0.585. The van der Waals surface area contributed by atoms with Crippen LogP contribution in [0.5, 0.6) is 5.75 Å². The molecule has 0 atom stereocenters. The third-order valence-electron chi connectivity index (χ3n) is 1.08. The van der Waals surface area contributed by atoms with Crippen molar-refractivity contribution in [1.82, 2.24) is 0 Å². The summed E-state index contributed by atoms with van der Waals surface area (Å²) in [5.41, 5.74) is 0. The van der Waals surface area contributed by atoms with E-state index in [-0.39, 0.29) is 0 Å². The van der Waals surface area contributed by atoms with Crippen molar-refractivity contribution in [3.05, 3.63) is 25.6 Å². The molecule has 0 aliphatic rings. The van der Waals surface area contributed by atoms with Crippen LogP contribution in [0.25, 0.3) is 0 Å². The maximum Gasteiger partial charge on any atom is 0.161 e. The summed E-state index contributed by atoms with van der Waals surface area (Å²) >= 11 is 15.2. The molecule has 0 unspecified atom stereocenters. The van der Waals surface area contributed by atoms with Crippen LogP contribution in [0.2, 0.25) is 0 Å². The Labute approximate surface area is 94.6 Å². The Bertz CT molecular complexity index is 277. The summed E-state index contributed by atoms with van der Waals surface area (Å²) in [6.07, 6.45) is 0. The zero-order chi connectivity index (χ0) is 8.43. The van der Waals surface area contributed by atoms with Crippen molar-refractivity contribution >= 4 is 59.7 Å². The predicted molar refractivity (Wildman–Crippen MR) is 56.0 cm³/mol. The lowest BCUT2D eigenvalue weighted by molar-refractivity contribution is 0.614. The Morgan fingerprint density at radius 1 is 1.09 bits per heavy atom. The van der Waals surface area contributed by atoms with E-state index < -0.39 is 0 Å². The van der Waals surface area contributed by atoms with E-state index >= 15 is 0 Å². The van der Waals surface area contributed by atoms with Crippen molar-refractivity contribution in [2.24, 2.45) is 0 Å². The maximum absolute atomic E-state index is 5.19. The summed E-state index contributed by atoms with van der Waals surface area (Å²) in [7, 11) is 0. The van der Waals surface area contributed by atoms with Gasteiger partial charge in [0.05, 0.1) is 4.47 Å². The third kappa shape index (κ3) is 2.11. The van der Waals surface area contributed by atoms with E-state index in [0.29, 0.717) is 5.75 Å². The lowest BCUT2D eigenvalue weighted by Gasteiger charge is -2.02. The minimum Gasteiger partial charge on any atom is -0.384 e. The third-order valence-corrected chi connectivity index (χ3v) is 4.59. The van der Waals surface area contributed by atoms with Gasteiger partial charge in [-0.3, -0.25) is 0 Å². The van der Waals surface area contributed by atoms with Crippen LogP contribution >= 0.6 is 59.7 Å². The molecule has 1 nitrogen and oxygen atoms in total. The lowest BCUT2D eigenvalue weighted by Crippen LogP contribution is -1.79. The molecule has 0 spiro atoms. The normalized spacial score (nSPS) is 9.82. The van der Waals surface area contributed by atoms with E-state index in [9.17, 15) is 0 Å². The van der Waals surface area contributed by atoms with E-state index in [0.717, 1.165) is 13.4 Å². The van der Waals surface area contributed by atoms with E-state index in [1.54, 1.807) is 6.07 Å². The monoisotopic (exact) mass is 362 g/mol. The van der Waals surface area contributed by atoms with Crippen LogP contribution in [-0.4, -0.2) is 0 Å². The highest BCUT2D eigenvalue weighted by Crippen LogP contribution is 2.37. The van der Waals surface area contributed by atoms with E-state index in [4.69, 9.17) is 11.9 Å². The van der Waals surface area contributed by atoms with Crippen LogP contribution in [0, 0.1) is 0 Å². The summed E-state index contributed by atoms with van der Waals surface area (Å²) in [5.74, 6) is 0.585. The molecule has 60 valence electrons. The summed E-state index contributed by atoms with van der Waals surface area (Å²) in [4.78, 5) is 0. The molecule has 0 aliphatic heterocycles. The molecule has 0 saturated carbocycles. The van der Waals surface area contributed by atoms with Gasteiger partial charge in [-0.25, -0.2) is 0 Å². The highest BCUT2D eigenvalue weighted by molar-refractivity contribution is 9.14. The van der Waals surface area contributed by atoms with Crippen LogP contribution in [0.15, 0.2) is 25.6 Å². The second-order valence-corrected chi connectivity index (χ2v) is 4.35. The zero-order valence-electron chi connectivity index (χ0n) is 5.07. The summed E-state index contributed by atoms with van der Waals surface area (Å²) < 4.78 is 7.18. The van der Waals surface area contributed by atoms with Crippen LogP contribution in [-0.2, 0) is 0 Å². The van der Waals surface area contributed by atoms with Crippen molar-refractivity contribution in [2.45, 2.75) is 0 Å². The Balaban J connectivity index is 3.25. The van der Waals surface area contributed by atoms with Crippen LogP contribution < -0.4 is 4.29 Å². The smallest absolute Gasteiger partial charge is 0.161 e. The van der Waals surface area contributed by atoms with Gasteiger partial charge in [-0.2, -0.15) is 0 Å². The molecule has 0 fully saturated rings. The van der Waals surface area contributed by atoms with Crippen LogP contribution in [0.1, 0.15) is 0 Å². The molecule has 0 amide bonds. The van der Waals surface area contributed by atoms with Gasteiger partial charge in [0.15, 0.2) is 5.75 Å². The van der Waals surface area contributed by atoms with Gasteiger partial charge < -0.3 is 4.29 Å². The molecule has 0 bridgehead atoms. The van der Waals surface area contributed by atoms with Gasteiger partial charge in [0, 0.05) is 8.95 Å². The Hall–Kier alpha value is 0.750. The molecule has 5 heteroatoms. The first-order valence-corrected chi connectivity index (χ1v) is 5.27. The topological polar surface area (TPSA) is 9.23 Å². The maximum atomic E-state index is 5.19. The average Bonchev–Trinajstić information content (AvgIpc) is 2.01. The number of hydrogen-bond donors (Lipinski definition) is 0. The average molecular weight is 365 g/mol. The molecule has 1 aromatic rings. The highest BCUT2D eigenvalue weighted by atomic mass is 79.9. The Morgan fingerprint density at radius 2 is 1.73 bits per heavy atom. The minimum absolute atomic E-state index is 0.585. The largest absolute Gasteiger partial charge is 0.384 e. The molecule has 0 N–H and O–H groups in total. The van der Waals surface area contributed by atoms with Gasteiger partial charge in [-0.1, -0.05) is 0 Å². The molecule has 0 saturated heterocycles. The number of benzene rings is 1. The first kappa shape index (κ1) is 9.84. The second-order valence-electron chi connectivity index (χ2n) is 1.75. The predicted octanol–water partition coefficient (Wildman–Crippen LogP) is 4.51.